The highest BCUT2D eigenvalue weighted by Gasteiger charge is 2.16. The van der Waals surface area contributed by atoms with E-state index in [9.17, 15) is 0 Å². The lowest BCUT2D eigenvalue weighted by molar-refractivity contribution is 0.587. The number of aryl methyl sites for hydroxylation is 1. The Kier molecular flexibility index (Phi) is 4.02. The Balaban J connectivity index is 1.69. The average molecular weight is 323 g/mol. The van der Waals surface area contributed by atoms with E-state index in [-0.39, 0.29) is 0 Å². The van der Waals surface area contributed by atoms with Gasteiger partial charge in [0.05, 0.1) is 10.7 Å². The second-order valence-corrected chi connectivity index (χ2v) is 6.98. The summed E-state index contributed by atoms with van der Waals surface area (Å²) in [5.74, 6) is 0. The van der Waals surface area contributed by atoms with Crippen LogP contribution in [0.25, 0.3) is 10.9 Å². The fourth-order valence-corrected chi connectivity index (χ4v) is 4.27. The second kappa shape index (κ2) is 6.30. The number of H-pyrrole nitrogens is 1. The quantitative estimate of drug-likeness (QED) is 0.763. The third-order valence-electron chi connectivity index (χ3n) is 4.45. The molecule has 2 heterocycles. The second-order valence-electron chi connectivity index (χ2n) is 5.93. The van der Waals surface area contributed by atoms with E-state index in [0.29, 0.717) is 0 Å². The lowest BCUT2D eigenvalue weighted by Crippen LogP contribution is -2.43. The molecule has 0 atom stereocenters. The van der Waals surface area contributed by atoms with Crippen molar-refractivity contribution in [1.29, 1.82) is 0 Å². The average Bonchev–Trinajstić information content (AvgIpc) is 2.92. The van der Waals surface area contributed by atoms with Crippen LogP contribution in [0.2, 0.25) is 0 Å². The summed E-state index contributed by atoms with van der Waals surface area (Å²) in [6.45, 7) is 6.47. The Labute approximate surface area is 141 Å². The minimum atomic E-state index is 1.06. The van der Waals surface area contributed by atoms with E-state index >= 15 is 0 Å². The van der Waals surface area contributed by atoms with Gasteiger partial charge in [0, 0.05) is 42.0 Å². The third-order valence-corrected chi connectivity index (χ3v) is 5.63. The van der Waals surface area contributed by atoms with Gasteiger partial charge < -0.3 is 15.2 Å². The topological polar surface area (TPSA) is 31.1 Å². The van der Waals surface area contributed by atoms with Crippen LogP contribution in [-0.4, -0.2) is 31.2 Å². The van der Waals surface area contributed by atoms with Crippen molar-refractivity contribution in [3.05, 3.63) is 54.1 Å². The number of nitrogens with one attached hydrogen (secondary N) is 2. The molecule has 0 saturated carbocycles. The fraction of sp³-hybridized carbons (Fsp3) is 0.263. The number of aromatic amines is 1. The van der Waals surface area contributed by atoms with Crippen LogP contribution in [0.3, 0.4) is 0 Å². The van der Waals surface area contributed by atoms with Gasteiger partial charge in [-0.3, -0.25) is 0 Å². The Morgan fingerprint density at radius 3 is 2.52 bits per heavy atom. The first-order valence-electron chi connectivity index (χ1n) is 8.13. The largest absolute Gasteiger partial charge is 0.368 e. The number of fused-ring (bicyclic) bond motifs is 1. The summed E-state index contributed by atoms with van der Waals surface area (Å²) in [4.78, 5) is 7.38. The zero-order valence-corrected chi connectivity index (χ0v) is 14.1. The minimum Gasteiger partial charge on any atom is -0.368 e. The Morgan fingerprint density at radius 1 is 0.957 bits per heavy atom. The van der Waals surface area contributed by atoms with Gasteiger partial charge in [0.2, 0.25) is 0 Å². The summed E-state index contributed by atoms with van der Waals surface area (Å²) < 4.78 is 0. The van der Waals surface area contributed by atoms with Crippen LogP contribution in [0.5, 0.6) is 0 Å². The molecule has 3 nitrogen and oxygen atoms in total. The molecule has 1 aromatic heterocycles. The highest BCUT2D eigenvalue weighted by molar-refractivity contribution is 7.99. The molecule has 1 fully saturated rings. The van der Waals surface area contributed by atoms with E-state index in [0.717, 1.165) is 26.2 Å². The molecule has 0 bridgehead atoms. The summed E-state index contributed by atoms with van der Waals surface area (Å²) in [6.07, 6.45) is 0. The molecule has 1 aliphatic rings. The van der Waals surface area contributed by atoms with Crippen molar-refractivity contribution in [2.45, 2.75) is 16.8 Å². The van der Waals surface area contributed by atoms with E-state index in [1.54, 1.807) is 0 Å². The predicted octanol–water partition coefficient (Wildman–Crippen LogP) is 4.04. The lowest BCUT2D eigenvalue weighted by Gasteiger charge is -2.30. The first kappa shape index (κ1) is 14.7. The summed E-state index contributed by atoms with van der Waals surface area (Å²) in [5, 5.41) is 5.98. The van der Waals surface area contributed by atoms with E-state index in [1.165, 1.54) is 32.1 Å². The number of rotatable bonds is 3. The maximum atomic E-state index is 3.57. The maximum absolute atomic E-state index is 3.57. The molecule has 4 rings (SSSR count). The standard InChI is InChI=1S/C19H21N3S/c1-14-15-6-2-3-7-16(15)21-19(14)23-18-9-5-4-8-17(18)22-12-10-20-11-13-22/h2-9,20-21H,10-13H2,1H3. The molecule has 2 aromatic carbocycles. The summed E-state index contributed by atoms with van der Waals surface area (Å²) in [5.41, 5.74) is 3.89. The van der Waals surface area contributed by atoms with Crippen molar-refractivity contribution in [2.75, 3.05) is 31.1 Å². The molecular weight excluding hydrogens is 302 g/mol. The smallest absolute Gasteiger partial charge is 0.0811 e. The van der Waals surface area contributed by atoms with Crippen molar-refractivity contribution in [1.82, 2.24) is 10.3 Å². The maximum Gasteiger partial charge on any atom is 0.0811 e. The zero-order chi connectivity index (χ0) is 15.6. The number of hydrogen-bond acceptors (Lipinski definition) is 3. The van der Waals surface area contributed by atoms with Crippen molar-refractivity contribution < 1.29 is 0 Å². The van der Waals surface area contributed by atoms with Crippen LogP contribution < -0.4 is 10.2 Å². The first-order chi connectivity index (χ1) is 11.3. The molecule has 0 radical (unpaired) electrons. The number of anilines is 1. The Bertz CT molecular complexity index is 818. The number of piperazine rings is 1. The summed E-state index contributed by atoms with van der Waals surface area (Å²) in [6, 6.07) is 17.3. The van der Waals surface area contributed by atoms with Crippen molar-refractivity contribution in [3.8, 4) is 0 Å². The molecule has 1 saturated heterocycles. The highest BCUT2D eigenvalue weighted by atomic mass is 32.2. The van der Waals surface area contributed by atoms with Gasteiger partial charge in [0.1, 0.15) is 0 Å². The van der Waals surface area contributed by atoms with Crippen LogP contribution in [0.1, 0.15) is 5.56 Å². The number of nitrogens with zero attached hydrogens (tertiary/aromatic N) is 1. The van der Waals surface area contributed by atoms with Gasteiger partial charge in [-0.15, -0.1) is 0 Å². The van der Waals surface area contributed by atoms with Gasteiger partial charge in [-0.25, -0.2) is 0 Å². The van der Waals surface area contributed by atoms with Gasteiger partial charge in [-0.05, 0) is 30.7 Å². The molecule has 1 aliphatic heterocycles. The van der Waals surface area contributed by atoms with E-state index < -0.39 is 0 Å². The van der Waals surface area contributed by atoms with Crippen LogP contribution in [0, 0.1) is 6.92 Å². The minimum absolute atomic E-state index is 1.06. The lowest BCUT2D eigenvalue weighted by atomic mass is 10.2. The molecule has 2 N–H and O–H groups in total. The Morgan fingerprint density at radius 2 is 1.70 bits per heavy atom. The van der Waals surface area contributed by atoms with Crippen LogP contribution in [0.15, 0.2) is 58.5 Å². The Hall–Kier alpha value is -1.91. The summed E-state index contributed by atoms with van der Waals surface area (Å²) >= 11 is 1.84. The molecule has 4 heteroatoms. The number of benzene rings is 2. The van der Waals surface area contributed by atoms with Crippen molar-refractivity contribution in [3.63, 3.8) is 0 Å². The first-order valence-corrected chi connectivity index (χ1v) is 8.94. The van der Waals surface area contributed by atoms with Crippen molar-refractivity contribution in [2.24, 2.45) is 0 Å². The van der Waals surface area contributed by atoms with Crippen LogP contribution >= 0.6 is 11.8 Å². The molecule has 0 unspecified atom stereocenters. The van der Waals surface area contributed by atoms with Gasteiger partial charge in [-0.1, -0.05) is 42.1 Å². The molecule has 118 valence electrons. The number of para-hydroxylation sites is 2. The van der Waals surface area contributed by atoms with E-state index in [1.807, 2.05) is 11.8 Å². The molecule has 0 aliphatic carbocycles. The normalized spacial score (nSPS) is 15.3. The predicted molar refractivity (Wildman–Crippen MR) is 98.7 cm³/mol. The fourth-order valence-electron chi connectivity index (χ4n) is 3.18. The molecular formula is C19H21N3S. The third kappa shape index (κ3) is 2.84. The van der Waals surface area contributed by atoms with Gasteiger partial charge >= 0.3 is 0 Å². The molecule has 23 heavy (non-hydrogen) atoms. The van der Waals surface area contributed by atoms with Gasteiger partial charge in [0.15, 0.2) is 0 Å². The SMILES string of the molecule is Cc1c(Sc2ccccc2N2CCNCC2)[nH]c2ccccc12. The molecule has 3 aromatic rings. The molecule has 0 spiro atoms. The zero-order valence-electron chi connectivity index (χ0n) is 13.3. The van der Waals surface area contributed by atoms with Crippen LogP contribution in [-0.2, 0) is 0 Å². The molecule has 0 amide bonds. The monoisotopic (exact) mass is 323 g/mol. The van der Waals surface area contributed by atoms with E-state index in [4.69, 9.17) is 0 Å². The van der Waals surface area contributed by atoms with E-state index in [2.05, 4.69) is 70.7 Å². The highest BCUT2D eigenvalue weighted by Crippen LogP contribution is 2.38. The van der Waals surface area contributed by atoms with Gasteiger partial charge in [-0.2, -0.15) is 0 Å². The van der Waals surface area contributed by atoms with Crippen LogP contribution in [0.4, 0.5) is 5.69 Å². The van der Waals surface area contributed by atoms with Crippen molar-refractivity contribution >= 4 is 28.4 Å². The number of hydrogen-bond donors (Lipinski definition) is 2. The van der Waals surface area contributed by atoms with Gasteiger partial charge in [0.25, 0.3) is 0 Å². The summed E-state index contributed by atoms with van der Waals surface area (Å²) in [7, 11) is 0. The number of aromatic nitrogens is 1.